The minimum absolute atomic E-state index is 0.136. The molecule has 1 aromatic rings. The Balaban J connectivity index is 1.90. The van der Waals surface area contributed by atoms with E-state index >= 15 is 0 Å². The Hall–Kier alpha value is -2.61. The Labute approximate surface area is 158 Å². The lowest BCUT2D eigenvalue weighted by atomic mass is 9.85. The fourth-order valence-electron chi connectivity index (χ4n) is 3.04. The van der Waals surface area contributed by atoms with E-state index in [2.05, 4.69) is 5.32 Å². The SMILES string of the molecule is C[C@@H](NC(=O)[C@@H](N)Cc1ccc(O)cc1)C(=O)N(CC(N)=O)CC1CCC1. The first-order valence-corrected chi connectivity index (χ1v) is 9.17. The number of phenolic OH excluding ortho intramolecular Hbond substituents is 1. The molecule has 0 spiro atoms. The van der Waals surface area contributed by atoms with Gasteiger partial charge in [-0.25, -0.2) is 0 Å². The zero-order valence-corrected chi connectivity index (χ0v) is 15.6. The Morgan fingerprint density at radius 2 is 1.89 bits per heavy atom. The van der Waals surface area contributed by atoms with Crippen LogP contribution >= 0.6 is 0 Å². The van der Waals surface area contributed by atoms with E-state index in [-0.39, 0.29) is 24.6 Å². The molecule has 6 N–H and O–H groups in total. The van der Waals surface area contributed by atoms with Crippen molar-refractivity contribution in [1.82, 2.24) is 10.2 Å². The van der Waals surface area contributed by atoms with Crippen molar-refractivity contribution in [3.63, 3.8) is 0 Å². The average Bonchev–Trinajstić information content (AvgIpc) is 2.57. The third kappa shape index (κ3) is 6.25. The second-order valence-electron chi connectivity index (χ2n) is 7.19. The maximum absolute atomic E-state index is 12.6. The number of carbonyl (C=O) groups excluding carboxylic acids is 3. The Bertz CT molecular complexity index is 673. The van der Waals surface area contributed by atoms with E-state index in [1.165, 1.54) is 17.0 Å². The largest absolute Gasteiger partial charge is 0.508 e. The van der Waals surface area contributed by atoms with Crippen molar-refractivity contribution in [1.29, 1.82) is 0 Å². The number of phenols is 1. The lowest BCUT2D eigenvalue weighted by molar-refractivity contribution is -0.139. The van der Waals surface area contributed by atoms with Crippen molar-refractivity contribution in [2.24, 2.45) is 17.4 Å². The molecule has 1 saturated carbocycles. The van der Waals surface area contributed by atoms with E-state index < -0.39 is 23.9 Å². The zero-order chi connectivity index (χ0) is 20.0. The molecule has 0 aliphatic heterocycles. The lowest BCUT2D eigenvalue weighted by Gasteiger charge is -2.33. The third-order valence-electron chi connectivity index (χ3n) is 4.82. The fourth-order valence-corrected chi connectivity index (χ4v) is 3.04. The number of nitrogens with two attached hydrogens (primary N) is 2. The van der Waals surface area contributed by atoms with Gasteiger partial charge in [-0.3, -0.25) is 14.4 Å². The van der Waals surface area contributed by atoms with Crippen LogP contribution < -0.4 is 16.8 Å². The summed E-state index contributed by atoms with van der Waals surface area (Å²) < 4.78 is 0. The van der Waals surface area contributed by atoms with Crippen LogP contribution in [0.2, 0.25) is 0 Å². The molecule has 0 aromatic heterocycles. The summed E-state index contributed by atoms with van der Waals surface area (Å²) in [5, 5.41) is 11.9. The summed E-state index contributed by atoms with van der Waals surface area (Å²) in [6, 6.07) is 4.78. The predicted molar refractivity (Wildman–Crippen MR) is 101 cm³/mol. The van der Waals surface area contributed by atoms with Crippen LogP contribution in [0.5, 0.6) is 5.75 Å². The molecule has 8 heteroatoms. The van der Waals surface area contributed by atoms with Crippen molar-refractivity contribution in [3.8, 4) is 5.75 Å². The molecule has 3 amide bonds. The number of amides is 3. The highest BCUT2D eigenvalue weighted by Gasteiger charge is 2.29. The van der Waals surface area contributed by atoms with Crippen molar-refractivity contribution in [3.05, 3.63) is 29.8 Å². The molecular formula is C19H28N4O4. The van der Waals surface area contributed by atoms with Gasteiger partial charge in [0.15, 0.2) is 0 Å². The van der Waals surface area contributed by atoms with Gasteiger partial charge < -0.3 is 26.8 Å². The Morgan fingerprint density at radius 1 is 1.26 bits per heavy atom. The molecule has 1 aliphatic rings. The first-order chi connectivity index (χ1) is 12.8. The highest BCUT2D eigenvalue weighted by atomic mass is 16.3. The molecule has 2 atom stereocenters. The first-order valence-electron chi connectivity index (χ1n) is 9.17. The summed E-state index contributed by atoms with van der Waals surface area (Å²) >= 11 is 0. The molecule has 0 bridgehead atoms. The van der Waals surface area contributed by atoms with E-state index in [1.807, 2.05) is 0 Å². The van der Waals surface area contributed by atoms with Crippen LogP contribution in [0.25, 0.3) is 0 Å². The molecule has 0 saturated heterocycles. The maximum Gasteiger partial charge on any atom is 0.245 e. The van der Waals surface area contributed by atoms with Crippen LogP contribution in [-0.4, -0.2) is 52.9 Å². The van der Waals surface area contributed by atoms with Crippen LogP contribution in [0.4, 0.5) is 0 Å². The molecular weight excluding hydrogens is 348 g/mol. The summed E-state index contributed by atoms with van der Waals surface area (Å²) in [6.07, 6.45) is 3.46. The summed E-state index contributed by atoms with van der Waals surface area (Å²) in [5.74, 6) is -0.854. The highest BCUT2D eigenvalue weighted by molar-refractivity contribution is 5.91. The van der Waals surface area contributed by atoms with Gasteiger partial charge in [-0.2, -0.15) is 0 Å². The second-order valence-corrected chi connectivity index (χ2v) is 7.19. The molecule has 27 heavy (non-hydrogen) atoms. The van der Waals surface area contributed by atoms with Crippen LogP contribution in [-0.2, 0) is 20.8 Å². The topological polar surface area (TPSA) is 139 Å². The van der Waals surface area contributed by atoms with Gasteiger partial charge in [0.1, 0.15) is 11.8 Å². The van der Waals surface area contributed by atoms with Crippen molar-refractivity contribution < 1.29 is 19.5 Å². The average molecular weight is 376 g/mol. The quantitative estimate of drug-likeness (QED) is 0.476. The molecule has 2 rings (SSSR count). The van der Waals surface area contributed by atoms with Crippen LogP contribution in [0, 0.1) is 5.92 Å². The number of hydrogen-bond donors (Lipinski definition) is 4. The summed E-state index contributed by atoms with van der Waals surface area (Å²) in [4.78, 5) is 37.7. The molecule has 1 aliphatic carbocycles. The predicted octanol–water partition coefficient (Wildman–Crippen LogP) is -0.119. The first kappa shape index (κ1) is 20.7. The lowest BCUT2D eigenvalue weighted by Crippen LogP contribution is -2.54. The van der Waals surface area contributed by atoms with Gasteiger partial charge in [0, 0.05) is 6.54 Å². The van der Waals surface area contributed by atoms with E-state index in [1.54, 1.807) is 19.1 Å². The highest BCUT2D eigenvalue weighted by Crippen LogP contribution is 2.27. The Kier molecular flexibility index (Phi) is 7.18. The van der Waals surface area contributed by atoms with Gasteiger partial charge in [-0.1, -0.05) is 18.6 Å². The van der Waals surface area contributed by atoms with E-state index in [9.17, 15) is 19.5 Å². The number of carbonyl (C=O) groups is 3. The number of aromatic hydroxyl groups is 1. The van der Waals surface area contributed by atoms with Crippen molar-refractivity contribution in [2.45, 2.75) is 44.7 Å². The van der Waals surface area contributed by atoms with Gasteiger partial charge in [0.05, 0.1) is 12.6 Å². The fraction of sp³-hybridized carbons (Fsp3) is 0.526. The standard InChI is InChI=1S/C19H28N4O4/c1-12(19(27)23(11-17(21)25)10-14-3-2-4-14)22-18(26)16(20)9-13-5-7-15(24)8-6-13/h5-8,12,14,16,24H,2-4,9-11,20H2,1H3,(H2,21,25)(H,22,26)/t12-,16+/m1/s1. The number of benzene rings is 1. The van der Waals surface area contributed by atoms with E-state index in [4.69, 9.17) is 11.5 Å². The van der Waals surface area contributed by atoms with Gasteiger partial charge in [0.2, 0.25) is 17.7 Å². The number of primary amides is 1. The number of nitrogens with zero attached hydrogens (tertiary/aromatic N) is 1. The number of nitrogens with one attached hydrogen (secondary N) is 1. The number of hydrogen-bond acceptors (Lipinski definition) is 5. The molecule has 0 radical (unpaired) electrons. The zero-order valence-electron chi connectivity index (χ0n) is 15.6. The van der Waals surface area contributed by atoms with E-state index in [0.29, 0.717) is 12.5 Å². The van der Waals surface area contributed by atoms with Gasteiger partial charge in [-0.05, 0) is 49.8 Å². The minimum atomic E-state index is -0.832. The van der Waals surface area contributed by atoms with Crippen LogP contribution in [0.3, 0.4) is 0 Å². The molecule has 1 fully saturated rings. The minimum Gasteiger partial charge on any atom is -0.508 e. The molecule has 1 aromatic carbocycles. The summed E-state index contributed by atoms with van der Waals surface area (Å²) in [7, 11) is 0. The molecule has 0 unspecified atom stereocenters. The molecule has 148 valence electrons. The van der Waals surface area contributed by atoms with Crippen LogP contribution in [0.1, 0.15) is 31.7 Å². The summed E-state index contributed by atoms with van der Waals surface area (Å²) in [6.45, 7) is 1.89. The maximum atomic E-state index is 12.6. The monoisotopic (exact) mass is 376 g/mol. The summed E-state index contributed by atoms with van der Waals surface area (Å²) in [5.41, 5.74) is 12.0. The Morgan fingerprint density at radius 3 is 2.41 bits per heavy atom. The molecule has 8 nitrogen and oxygen atoms in total. The second kappa shape index (κ2) is 9.36. The van der Waals surface area contributed by atoms with Crippen molar-refractivity contribution in [2.75, 3.05) is 13.1 Å². The van der Waals surface area contributed by atoms with Gasteiger partial charge in [0.25, 0.3) is 0 Å². The van der Waals surface area contributed by atoms with Gasteiger partial charge in [-0.15, -0.1) is 0 Å². The normalized spacial score (nSPS) is 16.1. The van der Waals surface area contributed by atoms with E-state index in [0.717, 1.165) is 24.8 Å². The molecule has 0 heterocycles. The third-order valence-corrected chi connectivity index (χ3v) is 4.82. The smallest absolute Gasteiger partial charge is 0.245 e. The van der Waals surface area contributed by atoms with Crippen molar-refractivity contribution >= 4 is 17.7 Å². The number of rotatable bonds is 9. The van der Waals surface area contributed by atoms with Crippen LogP contribution in [0.15, 0.2) is 24.3 Å². The van der Waals surface area contributed by atoms with Gasteiger partial charge >= 0.3 is 0 Å².